The molecule has 0 aliphatic carbocycles. The van der Waals surface area contributed by atoms with E-state index < -0.39 is 53.8 Å². The summed E-state index contributed by atoms with van der Waals surface area (Å²) >= 11 is 7.91. The van der Waals surface area contributed by atoms with Crippen LogP contribution in [0.1, 0.15) is 32.1 Å². The Hall–Kier alpha value is -2.03. The number of unbranched alkanes of at least 4 members (excludes halogenated alkanes) is 1. The van der Waals surface area contributed by atoms with Crippen LogP contribution in [0.3, 0.4) is 0 Å². The van der Waals surface area contributed by atoms with E-state index in [2.05, 4.69) is 41.2 Å². The molecule has 0 aliphatic heterocycles. The van der Waals surface area contributed by atoms with E-state index in [9.17, 15) is 24.0 Å². The molecule has 0 bridgehead atoms. The number of nitrogens with one attached hydrogen (secondary N) is 3. The summed E-state index contributed by atoms with van der Waals surface area (Å²) in [7, 11) is 0. The second-order valence-electron chi connectivity index (χ2n) is 6.71. The summed E-state index contributed by atoms with van der Waals surface area (Å²) < 4.78 is 0. The molecule has 0 fully saturated rings. The van der Waals surface area contributed by atoms with Crippen LogP contribution in [0.15, 0.2) is 0 Å². The van der Waals surface area contributed by atoms with Crippen molar-refractivity contribution in [2.75, 3.05) is 18.1 Å². The summed E-state index contributed by atoms with van der Waals surface area (Å²) in [5.74, 6) is -4.82. The highest BCUT2D eigenvalue weighted by molar-refractivity contribution is 7.80. The van der Waals surface area contributed by atoms with Crippen molar-refractivity contribution in [2.45, 2.75) is 56.3 Å². The summed E-state index contributed by atoms with van der Waals surface area (Å²) in [5, 5.41) is 24.9. The Bertz CT molecular complexity index is 638. The zero-order valence-corrected chi connectivity index (χ0v) is 18.7. The molecule has 0 radical (unpaired) electrons. The molecule has 0 aromatic carbocycles. The predicted molar refractivity (Wildman–Crippen MR) is 119 cm³/mol. The quantitative estimate of drug-likeness (QED) is 0.0855. The molecule has 0 aliphatic rings. The predicted octanol–water partition coefficient (Wildman–Crippen LogP) is -2.29. The van der Waals surface area contributed by atoms with E-state index >= 15 is 0 Å². The van der Waals surface area contributed by atoms with Crippen molar-refractivity contribution in [1.29, 1.82) is 0 Å². The third kappa shape index (κ3) is 11.8. The van der Waals surface area contributed by atoms with Crippen LogP contribution in [0, 0.1) is 0 Å². The van der Waals surface area contributed by atoms with Gasteiger partial charge in [0, 0.05) is 17.9 Å². The van der Waals surface area contributed by atoms with Crippen LogP contribution in [0.2, 0.25) is 0 Å². The van der Waals surface area contributed by atoms with Crippen molar-refractivity contribution < 1.29 is 34.2 Å². The highest BCUT2D eigenvalue weighted by atomic mass is 32.1. The summed E-state index contributed by atoms with van der Waals surface area (Å²) in [6.07, 6.45) is 0.836. The van der Waals surface area contributed by atoms with E-state index in [1.807, 2.05) is 0 Å². The van der Waals surface area contributed by atoms with Crippen molar-refractivity contribution >= 4 is 54.9 Å². The lowest BCUT2D eigenvalue weighted by Gasteiger charge is -2.24. The second-order valence-corrected chi connectivity index (χ2v) is 7.44. The average molecular weight is 482 g/mol. The van der Waals surface area contributed by atoms with Gasteiger partial charge in [0.1, 0.15) is 18.1 Å². The van der Waals surface area contributed by atoms with E-state index in [0.717, 1.165) is 0 Å². The molecule has 0 saturated carbocycles. The molecule has 0 rings (SSSR count). The number of amides is 3. The molecule has 0 saturated heterocycles. The normalized spacial score (nSPS) is 14.6. The molecule has 14 heteroatoms. The van der Waals surface area contributed by atoms with Gasteiger partial charge in [-0.15, -0.1) is 0 Å². The Morgan fingerprint density at radius 1 is 0.774 bits per heavy atom. The SMILES string of the molecule is NCCCCC(NC(=O)C(CS)NC(=O)C(N)CCC(=O)O)C(=O)NC(CS)C(=O)O. The first kappa shape index (κ1) is 29.0. The van der Waals surface area contributed by atoms with Gasteiger partial charge in [0.25, 0.3) is 0 Å². The Morgan fingerprint density at radius 2 is 1.29 bits per heavy atom. The van der Waals surface area contributed by atoms with Gasteiger partial charge in [-0.1, -0.05) is 0 Å². The molecule has 0 heterocycles. The van der Waals surface area contributed by atoms with Gasteiger partial charge in [-0.05, 0) is 32.2 Å². The molecule has 3 amide bonds. The Morgan fingerprint density at radius 3 is 1.77 bits per heavy atom. The zero-order valence-electron chi connectivity index (χ0n) is 17.0. The summed E-state index contributed by atoms with van der Waals surface area (Å²) in [6.45, 7) is 0.375. The standard InChI is InChI=1S/C17H31N5O7S2/c18-6-2-1-3-10(15(26)22-12(8-31)17(28)29)20-16(27)11(7-30)21-14(25)9(19)4-5-13(23)24/h9-12,30-31H,1-8,18-19H2,(H,20,27)(H,21,25)(H,22,26)(H,23,24)(H,28,29). The topological polar surface area (TPSA) is 214 Å². The van der Waals surface area contributed by atoms with Crippen molar-refractivity contribution in [3.63, 3.8) is 0 Å². The highest BCUT2D eigenvalue weighted by Crippen LogP contribution is 2.04. The van der Waals surface area contributed by atoms with Crippen LogP contribution >= 0.6 is 25.3 Å². The van der Waals surface area contributed by atoms with Crippen molar-refractivity contribution in [3.05, 3.63) is 0 Å². The lowest BCUT2D eigenvalue weighted by molar-refractivity contribution is -0.141. The molecule has 0 spiro atoms. The van der Waals surface area contributed by atoms with E-state index in [4.69, 9.17) is 21.7 Å². The number of aliphatic carboxylic acids is 2. The van der Waals surface area contributed by atoms with Crippen molar-refractivity contribution in [3.8, 4) is 0 Å². The molecule has 12 nitrogen and oxygen atoms in total. The number of hydrogen-bond donors (Lipinski definition) is 9. The number of hydrogen-bond acceptors (Lipinski definition) is 9. The Kier molecular flexibility index (Phi) is 14.7. The van der Waals surface area contributed by atoms with E-state index in [0.29, 0.717) is 19.4 Å². The zero-order chi connectivity index (χ0) is 24.0. The Labute approximate surface area is 191 Å². The summed E-state index contributed by atoms with van der Waals surface area (Å²) in [6, 6.07) is -4.59. The average Bonchev–Trinajstić information content (AvgIpc) is 2.72. The first-order valence-electron chi connectivity index (χ1n) is 9.60. The number of rotatable bonds is 16. The van der Waals surface area contributed by atoms with Gasteiger partial charge in [-0.3, -0.25) is 19.2 Å². The fourth-order valence-electron chi connectivity index (χ4n) is 2.37. The van der Waals surface area contributed by atoms with E-state index in [-0.39, 0.29) is 30.8 Å². The minimum absolute atomic E-state index is 0.116. The van der Waals surface area contributed by atoms with E-state index in [1.165, 1.54) is 0 Å². The smallest absolute Gasteiger partial charge is 0.327 e. The number of carbonyl (C=O) groups is 5. The molecular formula is C17H31N5O7S2. The minimum atomic E-state index is -1.27. The number of carbonyl (C=O) groups excluding carboxylic acids is 3. The Balaban J connectivity index is 5.12. The van der Waals surface area contributed by atoms with Crippen LogP contribution < -0.4 is 27.4 Å². The van der Waals surface area contributed by atoms with Crippen LogP contribution in [0.25, 0.3) is 0 Å². The molecular weight excluding hydrogens is 450 g/mol. The first-order chi connectivity index (χ1) is 14.6. The second kappa shape index (κ2) is 15.7. The summed E-state index contributed by atoms with van der Waals surface area (Å²) in [4.78, 5) is 58.9. The van der Waals surface area contributed by atoms with Gasteiger partial charge >= 0.3 is 11.9 Å². The number of carboxylic acids is 2. The van der Waals surface area contributed by atoms with Crippen LogP contribution in [-0.4, -0.2) is 82.1 Å². The largest absolute Gasteiger partial charge is 0.481 e. The molecule has 4 unspecified atom stereocenters. The minimum Gasteiger partial charge on any atom is -0.481 e. The maximum Gasteiger partial charge on any atom is 0.327 e. The molecule has 0 aromatic rings. The van der Waals surface area contributed by atoms with Crippen LogP contribution in [0.4, 0.5) is 0 Å². The molecule has 9 N–H and O–H groups in total. The van der Waals surface area contributed by atoms with Crippen LogP contribution in [0.5, 0.6) is 0 Å². The van der Waals surface area contributed by atoms with Gasteiger partial charge in [0.05, 0.1) is 6.04 Å². The van der Waals surface area contributed by atoms with Crippen molar-refractivity contribution in [1.82, 2.24) is 16.0 Å². The van der Waals surface area contributed by atoms with E-state index in [1.54, 1.807) is 0 Å². The fraction of sp³-hybridized carbons (Fsp3) is 0.706. The number of thiol groups is 2. The first-order valence-corrected chi connectivity index (χ1v) is 10.9. The lowest BCUT2D eigenvalue weighted by Crippen LogP contribution is -2.57. The lowest BCUT2D eigenvalue weighted by atomic mass is 10.1. The third-order valence-electron chi connectivity index (χ3n) is 4.20. The maximum absolute atomic E-state index is 12.6. The maximum atomic E-state index is 12.6. The van der Waals surface area contributed by atoms with Crippen LogP contribution in [-0.2, 0) is 24.0 Å². The third-order valence-corrected chi connectivity index (χ3v) is 4.93. The molecule has 4 atom stereocenters. The molecule has 178 valence electrons. The molecule has 31 heavy (non-hydrogen) atoms. The monoisotopic (exact) mass is 481 g/mol. The number of carboxylic acid groups (broad SMARTS) is 2. The van der Waals surface area contributed by atoms with Crippen molar-refractivity contribution in [2.24, 2.45) is 11.5 Å². The van der Waals surface area contributed by atoms with Gasteiger partial charge in [-0.2, -0.15) is 25.3 Å². The summed E-state index contributed by atoms with van der Waals surface area (Å²) in [5.41, 5.74) is 11.1. The van der Waals surface area contributed by atoms with Gasteiger partial charge in [-0.25, -0.2) is 4.79 Å². The van der Waals surface area contributed by atoms with Gasteiger partial charge in [0.2, 0.25) is 17.7 Å². The highest BCUT2D eigenvalue weighted by Gasteiger charge is 2.29. The molecule has 0 aromatic heterocycles. The van der Waals surface area contributed by atoms with Gasteiger partial charge in [0.15, 0.2) is 0 Å². The van der Waals surface area contributed by atoms with Gasteiger partial charge < -0.3 is 37.6 Å². The number of nitrogens with two attached hydrogens (primary N) is 2. The fourth-order valence-corrected chi connectivity index (χ4v) is 2.88.